The molecule has 4 nitrogen and oxygen atoms in total. The predicted octanol–water partition coefficient (Wildman–Crippen LogP) is 2.81. The van der Waals surface area contributed by atoms with E-state index in [9.17, 15) is 12.8 Å². The fourth-order valence-corrected chi connectivity index (χ4v) is 2.86. The Bertz CT molecular complexity index is 550. The lowest BCUT2D eigenvalue weighted by Gasteiger charge is -2.26. The standard InChI is InChI=1S/C12H18BrFN2O2S.ClH/c1-3-12(15,4-2)8-16-19(17,18)9-5-6-10(13)11(14)7-9;/h5-7,16H,3-4,8,15H2,1-2H3;1H. The molecule has 1 aromatic carbocycles. The van der Waals surface area contributed by atoms with Crippen LogP contribution in [0, 0.1) is 5.82 Å². The first-order valence-corrected chi connectivity index (χ1v) is 8.25. The van der Waals surface area contributed by atoms with Gasteiger partial charge in [0.25, 0.3) is 0 Å². The molecule has 0 atom stereocenters. The van der Waals surface area contributed by atoms with Crippen LogP contribution in [-0.2, 0) is 10.0 Å². The number of benzene rings is 1. The molecule has 0 amide bonds. The molecule has 0 saturated heterocycles. The van der Waals surface area contributed by atoms with Gasteiger partial charge in [0.2, 0.25) is 10.0 Å². The molecule has 0 spiro atoms. The zero-order valence-corrected chi connectivity index (χ0v) is 14.5. The molecule has 0 aliphatic heterocycles. The Morgan fingerprint density at radius 3 is 2.35 bits per heavy atom. The topological polar surface area (TPSA) is 72.2 Å². The van der Waals surface area contributed by atoms with E-state index in [1.54, 1.807) is 0 Å². The maximum absolute atomic E-state index is 13.4. The van der Waals surface area contributed by atoms with E-state index in [0.717, 1.165) is 6.07 Å². The Balaban J connectivity index is 0.00000361. The largest absolute Gasteiger partial charge is 0.324 e. The van der Waals surface area contributed by atoms with Crippen LogP contribution in [0.2, 0.25) is 0 Å². The highest BCUT2D eigenvalue weighted by atomic mass is 79.9. The van der Waals surface area contributed by atoms with Gasteiger partial charge < -0.3 is 5.73 Å². The van der Waals surface area contributed by atoms with Crippen LogP contribution >= 0.6 is 28.3 Å². The highest BCUT2D eigenvalue weighted by Gasteiger charge is 2.24. The van der Waals surface area contributed by atoms with Crippen LogP contribution in [0.5, 0.6) is 0 Å². The summed E-state index contributed by atoms with van der Waals surface area (Å²) in [7, 11) is -3.74. The van der Waals surface area contributed by atoms with Crippen molar-refractivity contribution >= 4 is 38.4 Å². The van der Waals surface area contributed by atoms with Crippen LogP contribution in [0.4, 0.5) is 4.39 Å². The van der Waals surface area contributed by atoms with Crippen molar-refractivity contribution in [3.8, 4) is 0 Å². The van der Waals surface area contributed by atoms with E-state index in [2.05, 4.69) is 20.7 Å². The molecule has 116 valence electrons. The Morgan fingerprint density at radius 1 is 1.35 bits per heavy atom. The first-order valence-electron chi connectivity index (χ1n) is 5.97. The number of sulfonamides is 1. The normalized spacial score (nSPS) is 12.1. The summed E-state index contributed by atoms with van der Waals surface area (Å²) in [4.78, 5) is -0.109. The quantitative estimate of drug-likeness (QED) is 0.786. The molecule has 0 aromatic heterocycles. The monoisotopic (exact) mass is 388 g/mol. The highest BCUT2D eigenvalue weighted by molar-refractivity contribution is 9.10. The summed E-state index contributed by atoms with van der Waals surface area (Å²) in [5.41, 5.74) is 5.44. The zero-order chi connectivity index (χ0) is 14.7. The lowest BCUT2D eigenvalue weighted by Crippen LogP contribution is -2.49. The molecule has 0 aliphatic carbocycles. The van der Waals surface area contributed by atoms with E-state index in [4.69, 9.17) is 5.73 Å². The smallest absolute Gasteiger partial charge is 0.240 e. The number of rotatable bonds is 6. The maximum atomic E-state index is 13.4. The summed E-state index contributed by atoms with van der Waals surface area (Å²) in [6.07, 6.45) is 1.31. The van der Waals surface area contributed by atoms with Crippen LogP contribution in [0.15, 0.2) is 27.6 Å². The molecule has 1 aromatic rings. The summed E-state index contributed by atoms with van der Waals surface area (Å²) in [6, 6.07) is 3.67. The van der Waals surface area contributed by atoms with Gasteiger partial charge >= 0.3 is 0 Å². The molecule has 0 radical (unpaired) electrons. The number of nitrogens with two attached hydrogens (primary N) is 1. The molecular formula is C12H19BrClFN2O2S. The van der Waals surface area contributed by atoms with Gasteiger partial charge in [-0.1, -0.05) is 13.8 Å². The Labute approximate surface area is 133 Å². The second-order valence-corrected chi connectivity index (χ2v) is 7.09. The maximum Gasteiger partial charge on any atom is 0.240 e. The Kier molecular flexibility index (Phi) is 7.62. The third kappa shape index (κ3) is 4.96. The van der Waals surface area contributed by atoms with Crippen molar-refractivity contribution in [3.05, 3.63) is 28.5 Å². The van der Waals surface area contributed by atoms with Gasteiger partial charge in [-0.05, 0) is 47.0 Å². The van der Waals surface area contributed by atoms with Crippen LogP contribution in [0.1, 0.15) is 26.7 Å². The number of nitrogens with one attached hydrogen (secondary N) is 1. The van der Waals surface area contributed by atoms with Gasteiger partial charge in [0.15, 0.2) is 0 Å². The minimum absolute atomic E-state index is 0. The third-order valence-corrected chi connectivity index (χ3v) is 5.27. The van der Waals surface area contributed by atoms with Crippen molar-refractivity contribution in [2.45, 2.75) is 37.1 Å². The van der Waals surface area contributed by atoms with Gasteiger partial charge in [0, 0.05) is 12.1 Å². The first-order chi connectivity index (χ1) is 8.74. The fourth-order valence-electron chi connectivity index (χ4n) is 1.47. The van der Waals surface area contributed by atoms with Crippen LogP contribution in [0.3, 0.4) is 0 Å². The van der Waals surface area contributed by atoms with Gasteiger partial charge in [0.1, 0.15) is 5.82 Å². The molecule has 3 N–H and O–H groups in total. The van der Waals surface area contributed by atoms with Gasteiger partial charge in [-0.25, -0.2) is 17.5 Å². The van der Waals surface area contributed by atoms with Crippen molar-refractivity contribution in [2.24, 2.45) is 5.73 Å². The van der Waals surface area contributed by atoms with Crippen molar-refractivity contribution in [1.29, 1.82) is 0 Å². The fraction of sp³-hybridized carbons (Fsp3) is 0.500. The molecule has 0 heterocycles. The molecule has 0 unspecified atom stereocenters. The van der Waals surface area contributed by atoms with Crippen LogP contribution in [0.25, 0.3) is 0 Å². The molecular weight excluding hydrogens is 371 g/mol. The molecule has 20 heavy (non-hydrogen) atoms. The molecule has 1 rings (SSSR count). The average molecular weight is 390 g/mol. The summed E-state index contributed by atoms with van der Waals surface area (Å²) >= 11 is 2.98. The molecule has 0 saturated carbocycles. The van der Waals surface area contributed by atoms with E-state index in [1.807, 2.05) is 13.8 Å². The SMILES string of the molecule is CCC(N)(CC)CNS(=O)(=O)c1ccc(Br)c(F)c1.Cl. The van der Waals surface area contributed by atoms with Crippen molar-refractivity contribution in [1.82, 2.24) is 4.72 Å². The molecule has 0 fully saturated rings. The molecule has 8 heteroatoms. The number of hydrogen-bond donors (Lipinski definition) is 2. The van der Waals surface area contributed by atoms with Crippen LogP contribution in [-0.4, -0.2) is 20.5 Å². The lowest BCUT2D eigenvalue weighted by molar-refractivity contribution is 0.391. The number of hydrogen-bond acceptors (Lipinski definition) is 3. The van der Waals surface area contributed by atoms with Gasteiger partial charge in [0.05, 0.1) is 9.37 Å². The zero-order valence-electron chi connectivity index (χ0n) is 11.3. The summed E-state index contributed by atoms with van der Waals surface area (Å²) in [5, 5.41) is 0. The number of halogens is 3. The Hall–Kier alpha value is -0.210. The highest BCUT2D eigenvalue weighted by Crippen LogP contribution is 2.19. The molecule has 0 bridgehead atoms. The van der Waals surface area contributed by atoms with Gasteiger partial charge in [-0.3, -0.25) is 0 Å². The summed E-state index contributed by atoms with van der Waals surface area (Å²) < 4.78 is 40.1. The Morgan fingerprint density at radius 2 is 1.90 bits per heavy atom. The average Bonchev–Trinajstić information content (AvgIpc) is 2.39. The minimum atomic E-state index is -3.74. The molecule has 0 aliphatic rings. The van der Waals surface area contributed by atoms with E-state index in [-0.39, 0.29) is 28.3 Å². The lowest BCUT2D eigenvalue weighted by atomic mass is 9.95. The minimum Gasteiger partial charge on any atom is -0.324 e. The first kappa shape index (κ1) is 19.8. The third-order valence-electron chi connectivity index (χ3n) is 3.22. The second kappa shape index (κ2) is 7.70. The van der Waals surface area contributed by atoms with Crippen molar-refractivity contribution in [3.63, 3.8) is 0 Å². The van der Waals surface area contributed by atoms with Crippen LogP contribution < -0.4 is 10.5 Å². The van der Waals surface area contributed by atoms with Crippen molar-refractivity contribution < 1.29 is 12.8 Å². The summed E-state index contributed by atoms with van der Waals surface area (Å²) in [6.45, 7) is 3.92. The summed E-state index contributed by atoms with van der Waals surface area (Å²) in [5.74, 6) is -0.618. The second-order valence-electron chi connectivity index (χ2n) is 4.47. The predicted molar refractivity (Wildman–Crippen MR) is 84.0 cm³/mol. The van der Waals surface area contributed by atoms with E-state index >= 15 is 0 Å². The van der Waals surface area contributed by atoms with E-state index < -0.39 is 21.4 Å². The van der Waals surface area contributed by atoms with Crippen molar-refractivity contribution in [2.75, 3.05) is 6.54 Å². The van der Waals surface area contributed by atoms with E-state index in [0.29, 0.717) is 12.8 Å². The van der Waals surface area contributed by atoms with Gasteiger partial charge in [-0.2, -0.15) is 0 Å². The van der Waals surface area contributed by atoms with Gasteiger partial charge in [-0.15, -0.1) is 12.4 Å². The van der Waals surface area contributed by atoms with E-state index in [1.165, 1.54) is 12.1 Å².